The summed E-state index contributed by atoms with van der Waals surface area (Å²) in [6.07, 6.45) is 2.78. The average molecular weight is 226 g/mol. The summed E-state index contributed by atoms with van der Waals surface area (Å²) < 4.78 is 11.4. The third-order valence-electron chi connectivity index (χ3n) is 4.49. The maximum atomic E-state index is 11.0. The van der Waals surface area contributed by atoms with E-state index in [1.54, 1.807) is 0 Å². The van der Waals surface area contributed by atoms with Gasteiger partial charge in [-0.25, -0.2) is 0 Å². The summed E-state index contributed by atoms with van der Waals surface area (Å²) in [6.45, 7) is 10.2. The van der Waals surface area contributed by atoms with Crippen LogP contribution in [0, 0.1) is 5.41 Å². The lowest BCUT2D eigenvalue weighted by atomic mass is 9.62. The highest BCUT2D eigenvalue weighted by molar-refractivity contribution is 5.66. The molecule has 2 fully saturated rings. The SMILES string of the molecule is CC[C@]12O[C@@]1(C)C[C@@H](OC(C)=O)CC2(C)C. The van der Waals surface area contributed by atoms with Gasteiger partial charge in [-0.1, -0.05) is 20.8 Å². The van der Waals surface area contributed by atoms with Crippen LogP contribution in [0.25, 0.3) is 0 Å². The Labute approximate surface area is 97.5 Å². The first-order valence-corrected chi connectivity index (χ1v) is 6.14. The summed E-state index contributed by atoms with van der Waals surface area (Å²) >= 11 is 0. The lowest BCUT2D eigenvalue weighted by molar-refractivity contribution is -0.150. The summed E-state index contributed by atoms with van der Waals surface area (Å²) in [5, 5.41) is 0. The largest absolute Gasteiger partial charge is 0.462 e. The first-order chi connectivity index (χ1) is 7.26. The molecule has 1 heterocycles. The molecule has 1 saturated heterocycles. The molecule has 3 atom stereocenters. The second kappa shape index (κ2) is 3.22. The molecule has 0 aromatic heterocycles. The van der Waals surface area contributed by atoms with Crippen LogP contribution in [-0.4, -0.2) is 23.3 Å². The summed E-state index contributed by atoms with van der Waals surface area (Å²) in [4.78, 5) is 11.0. The molecule has 0 amide bonds. The van der Waals surface area contributed by atoms with E-state index in [1.165, 1.54) is 6.92 Å². The number of hydrogen-bond acceptors (Lipinski definition) is 3. The average Bonchev–Trinajstić information content (AvgIpc) is 2.70. The van der Waals surface area contributed by atoms with Crippen molar-refractivity contribution in [2.45, 2.75) is 71.2 Å². The summed E-state index contributed by atoms with van der Waals surface area (Å²) in [5.74, 6) is -0.186. The normalized spacial score (nSPS) is 44.7. The first kappa shape index (κ1) is 11.9. The second-order valence-corrected chi connectivity index (χ2v) is 6.04. The van der Waals surface area contributed by atoms with Crippen molar-refractivity contribution in [3.8, 4) is 0 Å². The van der Waals surface area contributed by atoms with Crippen LogP contribution in [0.2, 0.25) is 0 Å². The van der Waals surface area contributed by atoms with Crippen LogP contribution in [0.3, 0.4) is 0 Å². The van der Waals surface area contributed by atoms with Crippen LogP contribution in [-0.2, 0) is 14.3 Å². The molecule has 92 valence electrons. The number of esters is 1. The molecule has 1 saturated carbocycles. The predicted octanol–water partition coefficient (Wildman–Crippen LogP) is 2.68. The van der Waals surface area contributed by atoms with E-state index in [4.69, 9.17) is 9.47 Å². The van der Waals surface area contributed by atoms with Crippen molar-refractivity contribution in [3.63, 3.8) is 0 Å². The van der Waals surface area contributed by atoms with Crippen LogP contribution < -0.4 is 0 Å². The van der Waals surface area contributed by atoms with Gasteiger partial charge in [0, 0.05) is 18.8 Å². The van der Waals surface area contributed by atoms with Crippen molar-refractivity contribution in [1.29, 1.82) is 0 Å². The molecule has 0 unspecified atom stereocenters. The van der Waals surface area contributed by atoms with Crippen molar-refractivity contribution in [1.82, 2.24) is 0 Å². The van der Waals surface area contributed by atoms with Crippen molar-refractivity contribution < 1.29 is 14.3 Å². The number of ether oxygens (including phenoxy) is 2. The maximum Gasteiger partial charge on any atom is 0.302 e. The van der Waals surface area contributed by atoms with E-state index in [9.17, 15) is 4.79 Å². The number of hydrogen-bond donors (Lipinski definition) is 0. The van der Waals surface area contributed by atoms with E-state index < -0.39 is 0 Å². The molecule has 3 nitrogen and oxygen atoms in total. The molecule has 1 aliphatic carbocycles. The van der Waals surface area contributed by atoms with Crippen molar-refractivity contribution >= 4 is 5.97 Å². The van der Waals surface area contributed by atoms with E-state index in [2.05, 4.69) is 27.7 Å². The fourth-order valence-electron chi connectivity index (χ4n) is 3.90. The van der Waals surface area contributed by atoms with Crippen LogP contribution in [0.1, 0.15) is 53.9 Å². The number of fused-ring (bicyclic) bond motifs is 1. The molecule has 3 heteroatoms. The Morgan fingerprint density at radius 3 is 2.44 bits per heavy atom. The summed E-state index contributed by atoms with van der Waals surface area (Å²) in [6, 6.07) is 0. The van der Waals surface area contributed by atoms with Gasteiger partial charge in [0.2, 0.25) is 0 Å². The molecule has 0 aromatic carbocycles. The molecule has 0 radical (unpaired) electrons. The van der Waals surface area contributed by atoms with Crippen molar-refractivity contribution in [2.24, 2.45) is 5.41 Å². The standard InChI is InChI=1S/C13H22O3/c1-6-13-11(3,4)7-10(15-9(2)14)8-12(13,5)16-13/h10H,6-8H2,1-5H3/t10-,12-,13+/m0/s1. The van der Waals surface area contributed by atoms with Gasteiger partial charge in [-0.2, -0.15) is 0 Å². The Morgan fingerprint density at radius 1 is 1.38 bits per heavy atom. The number of rotatable bonds is 2. The van der Waals surface area contributed by atoms with Gasteiger partial charge in [-0.15, -0.1) is 0 Å². The third-order valence-corrected chi connectivity index (χ3v) is 4.49. The Morgan fingerprint density at radius 2 is 2.00 bits per heavy atom. The Kier molecular flexibility index (Phi) is 2.40. The molecule has 0 N–H and O–H groups in total. The molecule has 2 aliphatic rings. The highest BCUT2D eigenvalue weighted by Gasteiger charge is 2.75. The lowest BCUT2D eigenvalue weighted by Gasteiger charge is -2.41. The fraction of sp³-hybridized carbons (Fsp3) is 0.923. The Balaban J connectivity index is 2.18. The minimum Gasteiger partial charge on any atom is -0.462 e. The zero-order valence-corrected chi connectivity index (χ0v) is 10.9. The summed E-state index contributed by atoms with van der Waals surface area (Å²) in [7, 11) is 0. The minimum absolute atomic E-state index is 0.00332. The molecule has 0 spiro atoms. The van der Waals surface area contributed by atoms with Crippen LogP contribution >= 0.6 is 0 Å². The van der Waals surface area contributed by atoms with Gasteiger partial charge in [0.15, 0.2) is 0 Å². The van der Waals surface area contributed by atoms with Crippen molar-refractivity contribution in [3.05, 3.63) is 0 Å². The van der Waals surface area contributed by atoms with Gasteiger partial charge in [0.05, 0.1) is 5.60 Å². The molecule has 2 rings (SSSR count). The molecule has 1 aliphatic heterocycles. The quantitative estimate of drug-likeness (QED) is 0.536. The van der Waals surface area contributed by atoms with Gasteiger partial charge >= 0.3 is 5.97 Å². The fourth-order valence-corrected chi connectivity index (χ4v) is 3.90. The molecular formula is C13H22O3. The molecular weight excluding hydrogens is 204 g/mol. The van der Waals surface area contributed by atoms with E-state index >= 15 is 0 Å². The zero-order valence-electron chi connectivity index (χ0n) is 10.9. The Bertz CT molecular complexity index is 323. The van der Waals surface area contributed by atoms with Gasteiger partial charge < -0.3 is 9.47 Å². The predicted molar refractivity (Wildman–Crippen MR) is 61.1 cm³/mol. The second-order valence-electron chi connectivity index (χ2n) is 6.04. The van der Waals surface area contributed by atoms with Gasteiger partial charge in [-0.05, 0) is 19.8 Å². The van der Waals surface area contributed by atoms with Crippen LogP contribution in [0.4, 0.5) is 0 Å². The molecule has 0 aromatic rings. The minimum atomic E-state index is -0.186. The van der Waals surface area contributed by atoms with E-state index in [-0.39, 0.29) is 28.7 Å². The van der Waals surface area contributed by atoms with Crippen LogP contribution in [0.5, 0.6) is 0 Å². The monoisotopic (exact) mass is 226 g/mol. The topological polar surface area (TPSA) is 38.8 Å². The van der Waals surface area contributed by atoms with Gasteiger partial charge in [0.25, 0.3) is 0 Å². The van der Waals surface area contributed by atoms with Crippen molar-refractivity contribution in [2.75, 3.05) is 0 Å². The lowest BCUT2D eigenvalue weighted by Crippen LogP contribution is -2.47. The zero-order chi connectivity index (χ0) is 12.2. The smallest absolute Gasteiger partial charge is 0.302 e. The highest BCUT2D eigenvalue weighted by Crippen LogP contribution is 2.67. The molecule has 0 bridgehead atoms. The summed E-state index contributed by atoms with van der Waals surface area (Å²) in [5.41, 5.74) is -0.0187. The van der Waals surface area contributed by atoms with E-state index in [1.807, 2.05) is 0 Å². The first-order valence-electron chi connectivity index (χ1n) is 6.14. The van der Waals surface area contributed by atoms with Gasteiger partial charge in [-0.3, -0.25) is 4.79 Å². The molecule has 16 heavy (non-hydrogen) atoms. The highest BCUT2D eigenvalue weighted by atomic mass is 16.6. The van der Waals surface area contributed by atoms with Crippen LogP contribution in [0.15, 0.2) is 0 Å². The number of epoxide rings is 1. The maximum absolute atomic E-state index is 11.0. The van der Waals surface area contributed by atoms with Gasteiger partial charge in [0.1, 0.15) is 11.7 Å². The van der Waals surface area contributed by atoms with E-state index in [0.29, 0.717) is 0 Å². The number of carbonyl (C=O) groups excluding carboxylic acids is 1. The Hall–Kier alpha value is -0.570. The number of carbonyl (C=O) groups is 1. The third kappa shape index (κ3) is 1.41. The van der Waals surface area contributed by atoms with E-state index in [0.717, 1.165) is 19.3 Å².